The quantitative estimate of drug-likeness (QED) is 0.874. The molecular formula is C13H15N3O3S2. The molecule has 1 aromatic carbocycles. The molecule has 1 heterocycles. The molecule has 0 fully saturated rings. The highest BCUT2D eigenvalue weighted by Crippen LogP contribution is 2.21. The number of sulfonamides is 1. The number of carbonyl (C=O) groups excluding carboxylic acids is 1. The molecule has 0 aliphatic heterocycles. The van der Waals surface area contributed by atoms with E-state index in [2.05, 4.69) is 10.3 Å². The predicted octanol–water partition coefficient (Wildman–Crippen LogP) is 1.73. The van der Waals surface area contributed by atoms with E-state index in [-0.39, 0.29) is 10.8 Å². The number of hydrogen-bond donors (Lipinski definition) is 2. The lowest BCUT2D eigenvalue weighted by molar-refractivity contribution is -0.115. The lowest BCUT2D eigenvalue weighted by Crippen LogP contribution is -2.11. The standard InChI is InChI=1S/C13H15N3O3S2/c1-2-12(17)16-13-15-8-10(20-13)7-9-3-5-11(6-4-9)21(14,18)19/h3-6,8H,2,7H2,1H3,(H2,14,18,19)(H,15,16,17). The fourth-order valence-electron chi connectivity index (χ4n) is 1.65. The average Bonchev–Trinajstić information content (AvgIpc) is 2.85. The molecule has 2 aromatic rings. The number of hydrogen-bond acceptors (Lipinski definition) is 5. The van der Waals surface area contributed by atoms with Gasteiger partial charge in [-0.1, -0.05) is 19.1 Å². The molecule has 0 aliphatic rings. The van der Waals surface area contributed by atoms with E-state index in [1.54, 1.807) is 25.3 Å². The Bertz CT molecular complexity index is 736. The van der Waals surface area contributed by atoms with Crippen molar-refractivity contribution in [3.05, 3.63) is 40.9 Å². The first-order valence-electron chi connectivity index (χ1n) is 6.25. The van der Waals surface area contributed by atoms with Crippen molar-refractivity contribution in [3.8, 4) is 0 Å². The van der Waals surface area contributed by atoms with Crippen LogP contribution < -0.4 is 10.5 Å². The van der Waals surface area contributed by atoms with Crippen LogP contribution in [-0.4, -0.2) is 19.3 Å². The number of rotatable bonds is 5. The van der Waals surface area contributed by atoms with Crippen LogP contribution in [0, 0.1) is 0 Å². The molecule has 0 radical (unpaired) electrons. The van der Waals surface area contributed by atoms with Gasteiger partial charge in [-0.2, -0.15) is 0 Å². The summed E-state index contributed by atoms with van der Waals surface area (Å²) in [5.74, 6) is -0.0756. The number of carbonyl (C=O) groups is 1. The van der Waals surface area contributed by atoms with E-state index in [0.29, 0.717) is 18.0 Å². The van der Waals surface area contributed by atoms with Crippen molar-refractivity contribution in [3.63, 3.8) is 0 Å². The van der Waals surface area contributed by atoms with E-state index in [1.807, 2.05) is 0 Å². The number of nitrogens with one attached hydrogen (secondary N) is 1. The van der Waals surface area contributed by atoms with Gasteiger partial charge in [-0.3, -0.25) is 4.79 Å². The number of nitrogens with zero attached hydrogens (tertiary/aromatic N) is 1. The zero-order valence-corrected chi connectivity index (χ0v) is 13.0. The largest absolute Gasteiger partial charge is 0.302 e. The molecule has 0 bridgehead atoms. The van der Waals surface area contributed by atoms with Crippen molar-refractivity contribution in [2.75, 3.05) is 5.32 Å². The van der Waals surface area contributed by atoms with Crippen molar-refractivity contribution in [2.45, 2.75) is 24.7 Å². The van der Waals surface area contributed by atoms with E-state index in [1.165, 1.54) is 23.5 Å². The number of aromatic nitrogens is 1. The molecule has 0 saturated carbocycles. The molecular weight excluding hydrogens is 310 g/mol. The first kappa shape index (κ1) is 15.6. The molecule has 0 aliphatic carbocycles. The fourth-order valence-corrected chi connectivity index (χ4v) is 3.03. The zero-order valence-electron chi connectivity index (χ0n) is 11.4. The van der Waals surface area contributed by atoms with Gasteiger partial charge in [-0.05, 0) is 17.7 Å². The topological polar surface area (TPSA) is 102 Å². The second-order valence-electron chi connectivity index (χ2n) is 4.40. The third kappa shape index (κ3) is 4.35. The van der Waals surface area contributed by atoms with Crippen LogP contribution in [0.25, 0.3) is 0 Å². The Hall–Kier alpha value is -1.77. The molecule has 3 N–H and O–H groups in total. The van der Waals surface area contributed by atoms with Crippen molar-refractivity contribution < 1.29 is 13.2 Å². The first-order valence-corrected chi connectivity index (χ1v) is 8.61. The molecule has 21 heavy (non-hydrogen) atoms. The molecule has 8 heteroatoms. The second-order valence-corrected chi connectivity index (χ2v) is 7.08. The summed E-state index contributed by atoms with van der Waals surface area (Å²) in [5.41, 5.74) is 0.944. The summed E-state index contributed by atoms with van der Waals surface area (Å²) in [5, 5.41) is 8.31. The Kier molecular flexibility index (Phi) is 4.71. The van der Waals surface area contributed by atoms with E-state index in [4.69, 9.17) is 5.14 Å². The summed E-state index contributed by atoms with van der Waals surface area (Å²) in [6.45, 7) is 1.77. The minimum Gasteiger partial charge on any atom is -0.302 e. The molecule has 0 spiro atoms. The minimum atomic E-state index is -3.66. The number of anilines is 1. The van der Waals surface area contributed by atoms with Crippen molar-refractivity contribution >= 4 is 32.4 Å². The maximum atomic E-state index is 11.3. The molecule has 0 saturated heterocycles. The highest BCUT2D eigenvalue weighted by atomic mass is 32.2. The van der Waals surface area contributed by atoms with Crippen molar-refractivity contribution in [2.24, 2.45) is 5.14 Å². The number of benzene rings is 1. The van der Waals surface area contributed by atoms with Gasteiger partial charge in [0, 0.05) is 23.9 Å². The summed E-state index contributed by atoms with van der Waals surface area (Å²) in [4.78, 5) is 16.5. The first-order chi connectivity index (χ1) is 9.88. The number of amides is 1. The minimum absolute atomic E-state index is 0.0756. The van der Waals surface area contributed by atoms with Gasteiger partial charge >= 0.3 is 0 Å². The van der Waals surface area contributed by atoms with Gasteiger partial charge in [0.15, 0.2) is 5.13 Å². The average molecular weight is 325 g/mol. The van der Waals surface area contributed by atoms with Gasteiger partial charge in [-0.25, -0.2) is 18.5 Å². The van der Waals surface area contributed by atoms with Crippen LogP contribution in [0.4, 0.5) is 5.13 Å². The van der Waals surface area contributed by atoms with Crippen LogP contribution in [0.2, 0.25) is 0 Å². The van der Waals surface area contributed by atoms with Crippen LogP contribution in [0.3, 0.4) is 0 Å². The lowest BCUT2D eigenvalue weighted by atomic mass is 10.1. The SMILES string of the molecule is CCC(=O)Nc1ncc(Cc2ccc(S(N)(=O)=O)cc2)s1. The van der Waals surface area contributed by atoms with Gasteiger partial charge in [0.1, 0.15) is 0 Å². The Morgan fingerprint density at radius 3 is 2.57 bits per heavy atom. The Balaban J connectivity index is 2.07. The Morgan fingerprint density at radius 1 is 1.33 bits per heavy atom. The number of nitrogens with two attached hydrogens (primary N) is 1. The monoisotopic (exact) mass is 325 g/mol. The van der Waals surface area contributed by atoms with Crippen LogP contribution in [0.1, 0.15) is 23.8 Å². The van der Waals surface area contributed by atoms with Crippen molar-refractivity contribution in [1.82, 2.24) is 4.98 Å². The van der Waals surface area contributed by atoms with E-state index >= 15 is 0 Å². The molecule has 1 amide bonds. The van der Waals surface area contributed by atoms with Crippen LogP contribution in [0.15, 0.2) is 35.4 Å². The highest BCUT2D eigenvalue weighted by Gasteiger charge is 2.08. The molecule has 6 nitrogen and oxygen atoms in total. The van der Waals surface area contributed by atoms with Crippen LogP contribution >= 0.6 is 11.3 Å². The summed E-state index contributed by atoms with van der Waals surface area (Å²) in [6.07, 6.45) is 2.72. The smallest absolute Gasteiger partial charge is 0.238 e. The van der Waals surface area contributed by atoms with Gasteiger partial charge in [0.2, 0.25) is 15.9 Å². The third-order valence-corrected chi connectivity index (χ3v) is 4.59. The highest BCUT2D eigenvalue weighted by molar-refractivity contribution is 7.89. The maximum absolute atomic E-state index is 11.3. The summed E-state index contributed by atoms with van der Waals surface area (Å²) < 4.78 is 22.3. The second kappa shape index (κ2) is 6.33. The maximum Gasteiger partial charge on any atom is 0.238 e. The third-order valence-electron chi connectivity index (χ3n) is 2.75. The normalized spacial score (nSPS) is 11.3. The van der Waals surface area contributed by atoms with Gasteiger partial charge in [0.25, 0.3) is 0 Å². The van der Waals surface area contributed by atoms with E-state index in [9.17, 15) is 13.2 Å². The summed E-state index contributed by atoms with van der Waals surface area (Å²) in [7, 11) is -3.66. The predicted molar refractivity (Wildman–Crippen MR) is 81.7 cm³/mol. The van der Waals surface area contributed by atoms with Gasteiger partial charge in [0.05, 0.1) is 4.90 Å². The Morgan fingerprint density at radius 2 is 2.00 bits per heavy atom. The molecule has 112 valence electrons. The van der Waals surface area contributed by atoms with Gasteiger partial charge in [-0.15, -0.1) is 11.3 Å². The Labute approximate surface area is 127 Å². The zero-order chi connectivity index (χ0) is 15.5. The molecule has 1 aromatic heterocycles. The van der Waals surface area contributed by atoms with Crippen LogP contribution in [-0.2, 0) is 21.2 Å². The fraction of sp³-hybridized carbons (Fsp3) is 0.231. The van der Waals surface area contributed by atoms with E-state index < -0.39 is 10.0 Å². The van der Waals surface area contributed by atoms with Gasteiger partial charge < -0.3 is 5.32 Å². The lowest BCUT2D eigenvalue weighted by Gasteiger charge is -2.01. The number of thiazole rings is 1. The van der Waals surface area contributed by atoms with Crippen LogP contribution in [0.5, 0.6) is 0 Å². The summed E-state index contributed by atoms with van der Waals surface area (Å²) >= 11 is 1.40. The van der Waals surface area contributed by atoms with E-state index in [0.717, 1.165) is 10.4 Å². The summed E-state index contributed by atoms with van der Waals surface area (Å²) in [6, 6.07) is 6.38. The molecule has 2 rings (SSSR count). The van der Waals surface area contributed by atoms with Crippen molar-refractivity contribution in [1.29, 1.82) is 0 Å². The number of primary sulfonamides is 1. The molecule has 0 unspecified atom stereocenters. The molecule has 0 atom stereocenters.